The van der Waals surface area contributed by atoms with E-state index in [1.807, 2.05) is 25.1 Å². The molecule has 0 spiro atoms. The van der Waals surface area contributed by atoms with Crippen molar-refractivity contribution in [2.45, 2.75) is 6.04 Å². The predicted octanol–water partition coefficient (Wildman–Crippen LogP) is 0.810. The van der Waals surface area contributed by atoms with Crippen molar-refractivity contribution in [2.75, 3.05) is 26.0 Å². The Kier molecular flexibility index (Phi) is 5.39. The minimum Gasteiger partial charge on any atom is -0.368 e. The second-order valence-electron chi connectivity index (χ2n) is 5.95. The fraction of sp³-hybridized carbons (Fsp3) is 0.353. The largest absolute Gasteiger partial charge is 0.368 e. The third kappa shape index (κ3) is 3.61. The molecule has 0 aliphatic carbocycles. The lowest BCUT2D eigenvalue weighted by Crippen LogP contribution is -2.40. The van der Waals surface area contributed by atoms with E-state index in [2.05, 4.69) is 5.32 Å². The molecule has 1 aromatic heterocycles. The van der Waals surface area contributed by atoms with Gasteiger partial charge in [-0.25, -0.2) is 9.18 Å². The van der Waals surface area contributed by atoms with Crippen LogP contribution in [0.15, 0.2) is 33.9 Å². The summed E-state index contributed by atoms with van der Waals surface area (Å²) < 4.78 is 15.3. The SMILES string of the molecule is CN(C)C(CNc1c(C#N)c(=O)n(C)c(=O)n1C)c1ccc(F)cc1. The van der Waals surface area contributed by atoms with Crippen LogP contribution in [-0.2, 0) is 14.1 Å². The zero-order valence-corrected chi connectivity index (χ0v) is 14.6. The molecule has 0 radical (unpaired) electrons. The van der Waals surface area contributed by atoms with E-state index in [-0.39, 0.29) is 23.2 Å². The summed E-state index contributed by atoms with van der Waals surface area (Å²) in [5, 5.41) is 12.3. The number of hydrogen-bond acceptors (Lipinski definition) is 5. The molecule has 1 unspecified atom stereocenters. The van der Waals surface area contributed by atoms with Gasteiger partial charge in [-0.2, -0.15) is 5.26 Å². The molecule has 2 aromatic rings. The first-order chi connectivity index (χ1) is 11.8. The number of rotatable bonds is 5. The van der Waals surface area contributed by atoms with Crippen LogP contribution in [0.2, 0.25) is 0 Å². The van der Waals surface area contributed by atoms with E-state index in [1.54, 1.807) is 12.1 Å². The first-order valence-corrected chi connectivity index (χ1v) is 7.63. The molecule has 0 amide bonds. The van der Waals surface area contributed by atoms with Crippen LogP contribution in [0.5, 0.6) is 0 Å². The Balaban J connectivity index is 2.39. The highest BCUT2D eigenvalue weighted by Crippen LogP contribution is 2.20. The average molecular weight is 345 g/mol. The number of likely N-dealkylation sites (N-methyl/N-ethyl adjacent to an activating group) is 1. The van der Waals surface area contributed by atoms with Crippen molar-refractivity contribution in [1.82, 2.24) is 14.0 Å². The first kappa shape index (κ1) is 18.4. The van der Waals surface area contributed by atoms with Gasteiger partial charge in [-0.15, -0.1) is 0 Å². The molecule has 132 valence electrons. The second-order valence-corrected chi connectivity index (χ2v) is 5.95. The fourth-order valence-corrected chi connectivity index (χ4v) is 2.63. The van der Waals surface area contributed by atoms with E-state index in [4.69, 9.17) is 0 Å². The lowest BCUT2D eigenvalue weighted by Gasteiger charge is -2.26. The van der Waals surface area contributed by atoms with Crippen LogP contribution >= 0.6 is 0 Å². The summed E-state index contributed by atoms with van der Waals surface area (Å²) in [6.07, 6.45) is 0. The summed E-state index contributed by atoms with van der Waals surface area (Å²) in [6, 6.07) is 7.81. The van der Waals surface area contributed by atoms with E-state index in [0.29, 0.717) is 6.54 Å². The molecule has 2 rings (SSSR count). The molecule has 1 aromatic carbocycles. The molecular formula is C17H20FN5O2. The first-order valence-electron chi connectivity index (χ1n) is 7.63. The summed E-state index contributed by atoms with van der Waals surface area (Å²) in [6.45, 7) is 0.327. The zero-order chi connectivity index (χ0) is 18.7. The summed E-state index contributed by atoms with van der Waals surface area (Å²) in [5.74, 6) is -0.153. The van der Waals surface area contributed by atoms with Crippen molar-refractivity contribution >= 4 is 5.82 Å². The Morgan fingerprint density at radius 1 is 1.20 bits per heavy atom. The van der Waals surface area contributed by atoms with Gasteiger partial charge in [0, 0.05) is 20.6 Å². The predicted molar refractivity (Wildman–Crippen MR) is 93.0 cm³/mol. The Labute approximate surface area is 144 Å². The lowest BCUT2D eigenvalue weighted by atomic mass is 10.1. The number of anilines is 1. The van der Waals surface area contributed by atoms with Gasteiger partial charge in [-0.05, 0) is 31.8 Å². The normalized spacial score (nSPS) is 12.0. The number of hydrogen-bond donors (Lipinski definition) is 1. The molecule has 1 atom stereocenters. The third-order valence-corrected chi connectivity index (χ3v) is 4.12. The Hall–Kier alpha value is -2.92. The van der Waals surface area contributed by atoms with E-state index in [0.717, 1.165) is 10.1 Å². The van der Waals surface area contributed by atoms with E-state index in [1.165, 1.54) is 30.8 Å². The van der Waals surface area contributed by atoms with Crippen LogP contribution in [-0.4, -0.2) is 34.7 Å². The minimum absolute atomic E-state index is 0.124. The van der Waals surface area contributed by atoms with Crippen molar-refractivity contribution in [3.8, 4) is 6.07 Å². The smallest absolute Gasteiger partial charge is 0.332 e. The lowest BCUT2D eigenvalue weighted by molar-refractivity contribution is 0.311. The summed E-state index contributed by atoms with van der Waals surface area (Å²) >= 11 is 0. The molecule has 0 aliphatic heterocycles. The molecule has 0 aliphatic rings. The Morgan fingerprint density at radius 3 is 2.32 bits per heavy atom. The molecule has 0 saturated heterocycles. The molecule has 8 heteroatoms. The average Bonchev–Trinajstić information content (AvgIpc) is 2.58. The van der Waals surface area contributed by atoms with Crippen LogP contribution in [0.4, 0.5) is 10.2 Å². The van der Waals surface area contributed by atoms with Crippen LogP contribution in [0.25, 0.3) is 0 Å². The van der Waals surface area contributed by atoms with Crippen LogP contribution < -0.4 is 16.6 Å². The minimum atomic E-state index is -0.642. The zero-order valence-electron chi connectivity index (χ0n) is 14.6. The summed E-state index contributed by atoms with van der Waals surface area (Å²) in [4.78, 5) is 26.1. The maximum Gasteiger partial charge on any atom is 0.332 e. The van der Waals surface area contributed by atoms with Gasteiger partial charge in [0.25, 0.3) is 5.56 Å². The Morgan fingerprint density at radius 2 is 1.80 bits per heavy atom. The van der Waals surface area contributed by atoms with Crippen LogP contribution in [0, 0.1) is 17.1 Å². The number of aromatic nitrogens is 2. The molecule has 0 bridgehead atoms. The molecule has 0 saturated carbocycles. The van der Waals surface area contributed by atoms with Gasteiger partial charge in [0.1, 0.15) is 17.7 Å². The van der Waals surface area contributed by atoms with Gasteiger partial charge in [0.15, 0.2) is 5.56 Å². The number of nitriles is 1. The van der Waals surface area contributed by atoms with Crippen molar-refractivity contribution in [1.29, 1.82) is 5.26 Å². The Bertz CT molecular complexity index is 922. The molecule has 1 heterocycles. The summed E-state index contributed by atoms with van der Waals surface area (Å²) in [7, 11) is 6.55. The highest BCUT2D eigenvalue weighted by Gasteiger charge is 2.19. The summed E-state index contributed by atoms with van der Waals surface area (Å²) in [5.41, 5.74) is -0.418. The van der Waals surface area contributed by atoms with Crippen molar-refractivity contribution in [3.63, 3.8) is 0 Å². The maximum absolute atomic E-state index is 13.1. The number of nitrogens with zero attached hydrogens (tertiary/aromatic N) is 4. The van der Waals surface area contributed by atoms with E-state index < -0.39 is 11.2 Å². The second kappa shape index (κ2) is 7.32. The number of nitrogens with one attached hydrogen (secondary N) is 1. The van der Waals surface area contributed by atoms with Gasteiger partial charge in [0.05, 0.1) is 6.04 Å². The quantitative estimate of drug-likeness (QED) is 0.867. The van der Waals surface area contributed by atoms with Crippen molar-refractivity contribution in [3.05, 3.63) is 62.0 Å². The number of benzene rings is 1. The van der Waals surface area contributed by atoms with Gasteiger partial charge in [-0.1, -0.05) is 12.1 Å². The molecular weight excluding hydrogens is 325 g/mol. The van der Waals surface area contributed by atoms with Gasteiger partial charge in [-0.3, -0.25) is 13.9 Å². The topological polar surface area (TPSA) is 83.1 Å². The number of halogens is 1. The van der Waals surface area contributed by atoms with Crippen LogP contribution in [0.1, 0.15) is 17.2 Å². The molecule has 7 nitrogen and oxygen atoms in total. The van der Waals surface area contributed by atoms with Crippen molar-refractivity contribution in [2.24, 2.45) is 14.1 Å². The maximum atomic E-state index is 13.1. The van der Waals surface area contributed by atoms with Gasteiger partial charge >= 0.3 is 5.69 Å². The third-order valence-electron chi connectivity index (χ3n) is 4.12. The monoisotopic (exact) mass is 345 g/mol. The van der Waals surface area contributed by atoms with Gasteiger partial charge < -0.3 is 10.2 Å². The molecule has 1 N–H and O–H groups in total. The molecule has 0 fully saturated rings. The highest BCUT2D eigenvalue weighted by atomic mass is 19.1. The van der Waals surface area contributed by atoms with Crippen molar-refractivity contribution < 1.29 is 4.39 Å². The standard InChI is InChI=1S/C17H20FN5O2/c1-21(2)14(11-5-7-12(18)8-6-11)10-20-15-13(9-19)16(24)23(4)17(25)22(15)3/h5-8,14,20H,10H2,1-4H3. The van der Waals surface area contributed by atoms with Crippen LogP contribution in [0.3, 0.4) is 0 Å². The van der Waals surface area contributed by atoms with E-state index in [9.17, 15) is 19.2 Å². The molecule has 25 heavy (non-hydrogen) atoms. The fourth-order valence-electron chi connectivity index (χ4n) is 2.63. The van der Waals surface area contributed by atoms with E-state index >= 15 is 0 Å². The van der Waals surface area contributed by atoms with Gasteiger partial charge in [0.2, 0.25) is 0 Å². The highest BCUT2D eigenvalue weighted by molar-refractivity contribution is 5.51.